The normalized spacial score (nSPS) is 13.7. The lowest BCUT2D eigenvalue weighted by Crippen LogP contribution is -2.34. The third-order valence-electron chi connectivity index (χ3n) is 7.02. The first kappa shape index (κ1) is 45.8. The highest BCUT2D eigenvalue weighted by atomic mass is 32.2. The maximum absolute atomic E-state index is 11.4. The number of hydrogen-bond acceptors (Lipinski definition) is 10. The van der Waals surface area contributed by atoms with E-state index in [1.807, 2.05) is 13.8 Å². The monoisotopic (exact) mass is 690 g/mol. The van der Waals surface area contributed by atoms with E-state index in [4.69, 9.17) is 14.6 Å². The van der Waals surface area contributed by atoms with Crippen molar-refractivity contribution in [3.05, 3.63) is 35.9 Å². The number of aliphatic carboxylic acids is 2. The van der Waals surface area contributed by atoms with E-state index < -0.39 is 29.2 Å². The van der Waals surface area contributed by atoms with Crippen molar-refractivity contribution in [1.82, 2.24) is 0 Å². The Morgan fingerprint density at radius 1 is 0.870 bits per heavy atom. The number of benzene rings is 1. The average Bonchev–Trinajstić information content (AvgIpc) is 3.05. The molecule has 0 bridgehead atoms. The maximum Gasteiger partial charge on any atom is 0.310 e. The lowest BCUT2D eigenvalue weighted by atomic mass is 9.83. The molecule has 1 aromatic carbocycles. The number of methoxy groups -OCH3 is 2. The smallest absolute Gasteiger partial charge is 0.310 e. The van der Waals surface area contributed by atoms with E-state index in [1.165, 1.54) is 49.7 Å². The minimum absolute atomic E-state index is 0.152. The molecule has 0 aromatic heterocycles. The third-order valence-corrected chi connectivity index (χ3v) is 9.41. The van der Waals surface area contributed by atoms with Crippen molar-refractivity contribution < 1.29 is 48.3 Å². The second-order valence-corrected chi connectivity index (χ2v) is 13.1. The molecular formula is C34H58O10S2. The van der Waals surface area contributed by atoms with Crippen LogP contribution in [0.15, 0.2) is 30.3 Å². The van der Waals surface area contributed by atoms with E-state index in [0.717, 1.165) is 11.5 Å². The van der Waals surface area contributed by atoms with Gasteiger partial charge in [0, 0.05) is 42.6 Å². The Hall–Kier alpha value is -2.28. The summed E-state index contributed by atoms with van der Waals surface area (Å²) in [5, 5.41) is 18.3. The zero-order valence-electron chi connectivity index (χ0n) is 29.1. The van der Waals surface area contributed by atoms with Crippen LogP contribution in [-0.2, 0) is 38.1 Å². The first-order valence-electron chi connectivity index (χ1n) is 15.8. The molecule has 0 aliphatic heterocycles. The molecule has 4 atom stereocenters. The van der Waals surface area contributed by atoms with Crippen LogP contribution in [0.2, 0.25) is 0 Å². The predicted octanol–water partition coefficient (Wildman–Crippen LogP) is 6.66. The second kappa shape index (κ2) is 28.9. The zero-order chi connectivity index (χ0) is 35.4. The van der Waals surface area contributed by atoms with Crippen molar-refractivity contribution >= 4 is 47.4 Å². The molecule has 1 rings (SSSR count). The number of carboxylic acids is 2. The number of carboxylic acid groups (broad SMARTS) is 2. The SMILES string of the molecule is CCC(C)c1ccccc1.CCOCCSCC(C)(CC(C)C(=O)OC)C(=O)O.CCOCCSCC(CCC(=O)OC)C(=O)O. The lowest BCUT2D eigenvalue weighted by molar-refractivity contribution is -0.151. The van der Waals surface area contributed by atoms with Crippen molar-refractivity contribution in [2.75, 3.05) is 63.7 Å². The van der Waals surface area contributed by atoms with Gasteiger partial charge < -0.3 is 29.2 Å². The highest BCUT2D eigenvalue weighted by molar-refractivity contribution is 7.99. The minimum Gasteiger partial charge on any atom is -0.481 e. The fourth-order valence-corrected chi connectivity index (χ4v) is 5.97. The van der Waals surface area contributed by atoms with Gasteiger partial charge in [-0.3, -0.25) is 19.2 Å². The van der Waals surface area contributed by atoms with Gasteiger partial charge >= 0.3 is 23.9 Å². The summed E-state index contributed by atoms with van der Waals surface area (Å²) in [7, 11) is 2.61. The Morgan fingerprint density at radius 3 is 1.89 bits per heavy atom. The molecule has 0 spiro atoms. The van der Waals surface area contributed by atoms with Crippen molar-refractivity contribution in [2.45, 2.75) is 73.1 Å². The molecule has 1 aromatic rings. The van der Waals surface area contributed by atoms with Gasteiger partial charge in [-0.1, -0.05) is 51.1 Å². The number of rotatable bonds is 22. The molecular weight excluding hydrogens is 632 g/mol. The Labute approximate surface area is 285 Å². The van der Waals surface area contributed by atoms with Crippen molar-refractivity contribution in [2.24, 2.45) is 17.3 Å². The summed E-state index contributed by atoms with van der Waals surface area (Å²) < 4.78 is 19.5. The van der Waals surface area contributed by atoms with Crippen molar-refractivity contribution in [3.8, 4) is 0 Å². The minimum atomic E-state index is -0.926. The van der Waals surface area contributed by atoms with Crippen LogP contribution in [-0.4, -0.2) is 97.7 Å². The molecule has 266 valence electrons. The van der Waals surface area contributed by atoms with E-state index in [1.54, 1.807) is 13.8 Å². The fourth-order valence-electron chi connectivity index (χ4n) is 3.91. The Balaban J connectivity index is 0. The molecule has 10 nitrogen and oxygen atoms in total. The summed E-state index contributed by atoms with van der Waals surface area (Å²) in [5.74, 6) is -0.206. The van der Waals surface area contributed by atoms with Gasteiger partial charge in [0.05, 0.1) is 44.7 Å². The summed E-state index contributed by atoms with van der Waals surface area (Å²) in [4.78, 5) is 44.6. The van der Waals surface area contributed by atoms with Crippen LogP contribution >= 0.6 is 23.5 Å². The largest absolute Gasteiger partial charge is 0.481 e. The van der Waals surface area contributed by atoms with E-state index >= 15 is 0 Å². The number of ether oxygens (including phenoxy) is 4. The number of carbonyl (C=O) groups excluding carboxylic acids is 2. The van der Waals surface area contributed by atoms with Gasteiger partial charge in [0.1, 0.15) is 0 Å². The summed E-state index contributed by atoms with van der Waals surface area (Å²) in [6, 6.07) is 10.6. The number of esters is 2. The molecule has 0 aliphatic carbocycles. The molecule has 0 aliphatic rings. The standard InChI is InChI=1S/C13H24O5S.C11H20O5S.C10H14/c1-5-18-6-7-19-9-13(3,12(15)16)8-10(2)11(14)17-4;1-3-16-6-7-17-8-9(11(13)14)4-5-10(12)15-2;1-3-9(2)10-7-5-4-6-8-10/h10H,5-9H2,1-4H3,(H,15,16);9H,3-8H2,1-2H3,(H,13,14);4-9H,3H2,1-2H3. The van der Waals surface area contributed by atoms with E-state index in [-0.39, 0.29) is 24.8 Å². The van der Waals surface area contributed by atoms with Gasteiger partial charge in [0.15, 0.2) is 0 Å². The van der Waals surface area contributed by atoms with E-state index in [9.17, 15) is 24.3 Å². The molecule has 12 heteroatoms. The number of thioether (sulfide) groups is 2. The fraction of sp³-hybridized carbons (Fsp3) is 0.706. The van der Waals surface area contributed by atoms with Crippen molar-refractivity contribution in [1.29, 1.82) is 0 Å². The third kappa shape index (κ3) is 23.1. The first-order chi connectivity index (χ1) is 21.8. The highest BCUT2D eigenvalue weighted by Gasteiger charge is 2.36. The second-order valence-electron chi connectivity index (χ2n) is 10.9. The van der Waals surface area contributed by atoms with Crippen LogP contribution in [0.1, 0.15) is 78.7 Å². The van der Waals surface area contributed by atoms with Gasteiger partial charge in [0.25, 0.3) is 0 Å². The Morgan fingerprint density at radius 2 is 1.43 bits per heavy atom. The maximum atomic E-state index is 11.4. The molecule has 46 heavy (non-hydrogen) atoms. The van der Waals surface area contributed by atoms with Gasteiger partial charge in [0.2, 0.25) is 0 Å². The van der Waals surface area contributed by atoms with Crippen LogP contribution in [0, 0.1) is 17.3 Å². The molecule has 0 amide bonds. The molecule has 4 unspecified atom stereocenters. The van der Waals surface area contributed by atoms with Crippen LogP contribution < -0.4 is 0 Å². The molecule has 0 radical (unpaired) electrons. The van der Waals surface area contributed by atoms with Gasteiger partial charge in [-0.15, -0.1) is 0 Å². The molecule has 0 heterocycles. The topological polar surface area (TPSA) is 146 Å². The molecule has 0 saturated carbocycles. The van der Waals surface area contributed by atoms with Crippen LogP contribution in [0.4, 0.5) is 0 Å². The Bertz CT molecular complexity index is 947. The van der Waals surface area contributed by atoms with Gasteiger partial charge in [-0.25, -0.2) is 0 Å². The van der Waals surface area contributed by atoms with E-state index in [0.29, 0.717) is 50.3 Å². The quantitative estimate of drug-likeness (QED) is 0.0991. The highest BCUT2D eigenvalue weighted by Crippen LogP contribution is 2.31. The summed E-state index contributed by atoms with van der Waals surface area (Å²) in [5.41, 5.74) is 0.523. The Kier molecular flexibility index (Phi) is 28.8. The summed E-state index contributed by atoms with van der Waals surface area (Å²) >= 11 is 3.06. The van der Waals surface area contributed by atoms with Gasteiger partial charge in [-0.2, -0.15) is 23.5 Å². The molecule has 0 fully saturated rings. The lowest BCUT2D eigenvalue weighted by Gasteiger charge is -2.26. The van der Waals surface area contributed by atoms with Crippen molar-refractivity contribution in [3.63, 3.8) is 0 Å². The van der Waals surface area contributed by atoms with Crippen LogP contribution in [0.3, 0.4) is 0 Å². The summed E-state index contributed by atoms with van der Waals surface area (Å²) in [6.07, 6.45) is 1.98. The average molecular weight is 691 g/mol. The van der Waals surface area contributed by atoms with E-state index in [2.05, 4.69) is 53.7 Å². The molecule has 2 N–H and O–H groups in total. The van der Waals surface area contributed by atoms with Crippen LogP contribution in [0.25, 0.3) is 0 Å². The number of hydrogen-bond donors (Lipinski definition) is 2. The van der Waals surface area contributed by atoms with Crippen LogP contribution in [0.5, 0.6) is 0 Å². The predicted molar refractivity (Wildman–Crippen MR) is 187 cm³/mol. The number of carbonyl (C=O) groups is 4. The molecule has 0 saturated heterocycles. The first-order valence-corrected chi connectivity index (χ1v) is 18.1. The van der Waals surface area contributed by atoms with Gasteiger partial charge in [-0.05, 0) is 51.5 Å². The zero-order valence-corrected chi connectivity index (χ0v) is 30.7. The summed E-state index contributed by atoms with van der Waals surface area (Å²) in [6.45, 7) is 14.3.